The second kappa shape index (κ2) is 8.57. The molecule has 0 aliphatic carbocycles. The number of fused-ring (bicyclic) bond motifs is 1. The second-order valence-corrected chi connectivity index (χ2v) is 6.73. The maximum atomic E-state index is 13.0. The maximum Gasteiger partial charge on any atom is 0.344 e. The molecule has 0 N–H and O–H groups in total. The summed E-state index contributed by atoms with van der Waals surface area (Å²) in [5.41, 5.74) is 2.87. The number of anilines is 1. The van der Waals surface area contributed by atoms with Crippen LogP contribution in [0.15, 0.2) is 79.1 Å². The Labute approximate surface area is 173 Å². The first kappa shape index (κ1) is 19.3. The van der Waals surface area contributed by atoms with Gasteiger partial charge in [0.2, 0.25) is 0 Å². The molecule has 0 spiro atoms. The molecule has 0 atom stereocenters. The molecule has 7 heteroatoms. The Kier molecular flexibility index (Phi) is 5.52. The van der Waals surface area contributed by atoms with Gasteiger partial charge in [0.05, 0.1) is 12.2 Å². The standard InChI is InChI=1S/C23H20N4O3/c1-17-21(22-24-13-8-14-27(22)25-17)23(29)30-16-20(28)26(19-11-6-3-7-12-19)15-18-9-4-2-5-10-18/h2-14H,15-16H2,1H3. The minimum absolute atomic E-state index is 0.262. The normalized spacial score (nSPS) is 10.7. The highest BCUT2D eigenvalue weighted by Gasteiger charge is 2.23. The third-order valence-corrected chi connectivity index (χ3v) is 4.65. The van der Waals surface area contributed by atoms with E-state index in [4.69, 9.17) is 4.74 Å². The summed E-state index contributed by atoms with van der Waals surface area (Å²) in [4.78, 5) is 31.5. The van der Waals surface area contributed by atoms with Gasteiger partial charge in [0, 0.05) is 18.1 Å². The third kappa shape index (κ3) is 4.05. The van der Waals surface area contributed by atoms with Crippen LogP contribution in [0.1, 0.15) is 21.6 Å². The summed E-state index contributed by atoms with van der Waals surface area (Å²) in [5, 5.41) is 4.26. The largest absolute Gasteiger partial charge is 0.452 e. The van der Waals surface area contributed by atoms with Crippen molar-refractivity contribution in [2.75, 3.05) is 11.5 Å². The lowest BCUT2D eigenvalue weighted by Gasteiger charge is -2.23. The van der Waals surface area contributed by atoms with E-state index in [-0.39, 0.29) is 18.1 Å². The van der Waals surface area contributed by atoms with Gasteiger partial charge in [-0.25, -0.2) is 14.3 Å². The van der Waals surface area contributed by atoms with Crippen molar-refractivity contribution in [1.29, 1.82) is 0 Å². The number of carbonyl (C=O) groups is 2. The van der Waals surface area contributed by atoms with E-state index in [0.29, 0.717) is 17.9 Å². The average molecular weight is 400 g/mol. The number of para-hydroxylation sites is 1. The Morgan fingerprint density at radius 3 is 2.43 bits per heavy atom. The average Bonchev–Trinajstić information content (AvgIpc) is 3.12. The molecule has 0 saturated heterocycles. The third-order valence-electron chi connectivity index (χ3n) is 4.65. The molecule has 0 aliphatic heterocycles. The second-order valence-electron chi connectivity index (χ2n) is 6.73. The van der Waals surface area contributed by atoms with Gasteiger partial charge in [-0.05, 0) is 30.7 Å². The van der Waals surface area contributed by atoms with Gasteiger partial charge in [0.15, 0.2) is 12.3 Å². The van der Waals surface area contributed by atoms with Crippen LogP contribution >= 0.6 is 0 Å². The molecule has 1 amide bonds. The van der Waals surface area contributed by atoms with Crippen molar-refractivity contribution in [3.8, 4) is 0 Å². The number of hydrogen-bond acceptors (Lipinski definition) is 5. The Morgan fingerprint density at radius 1 is 1.00 bits per heavy atom. The Hall–Kier alpha value is -4.00. The molecule has 0 aliphatic rings. The number of benzene rings is 2. The molecule has 0 unspecified atom stereocenters. The summed E-state index contributed by atoms with van der Waals surface area (Å²) in [6.45, 7) is 1.70. The van der Waals surface area contributed by atoms with Crippen LogP contribution in [0.5, 0.6) is 0 Å². The fourth-order valence-corrected chi connectivity index (χ4v) is 3.21. The lowest BCUT2D eigenvalue weighted by molar-refractivity contribution is -0.121. The SMILES string of the molecule is Cc1nn2cccnc2c1C(=O)OCC(=O)N(Cc1ccccc1)c1ccccc1. The number of amides is 1. The first-order valence-electron chi connectivity index (χ1n) is 9.50. The summed E-state index contributed by atoms with van der Waals surface area (Å²) < 4.78 is 6.87. The van der Waals surface area contributed by atoms with Crippen LogP contribution < -0.4 is 4.90 Å². The maximum absolute atomic E-state index is 13.0. The molecule has 2 aromatic heterocycles. The lowest BCUT2D eigenvalue weighted by Crippen LogP contribution is -2.34. The zero-order chi connectivity index (χ0) is 20.9. The molecule has 0 bridgehead atoms. The summed E-state index contributed by atoms with van der Waals surface area (Å²) in [6.07, 6.45) is 3.28. The number of ether oxygens (including phenoxy) is 1. The molecule has 4 rings (SSSR count). The summed E-state index contributed by atoms with van der Waals surface area (Å²) in [7, 11) is 0. The van der Waals surface area contributed by atoms with Crippen LogP contribution in [-0.4, -0.2) is 33.1 Å². The fraction of sp³-hybridized carbons (Fsp3) is 0.130. The fourth-order valence-electron chi connectivity index (χ4n) is 3.21. The van der Waals surface area contributed by atoms with E-state index in [1.807, 2.05) is 60.7 Å². The zero-order valence-corrected chi connectivity index (χ0v) is 16.4. The van der Waals surface area contributed by atoms with E-state index in [1.54, 1.807) is 30.3 Å². The van der Waals surface area contributed by atoms with E-state index >= 15 is 0 Å². The molecule has 0 saturated carbocycles. The molecular weight excluding hydrogens is 380 g/mol. The molecule has 2 aromatic carbocycles. The molecule has 150 valence electrons. The van der Waals surface area contributed by atoms with E-state index in [1.165, 1.54) is 4.52 Å². The highest BCUT2D eigenvalue weighted by Crippen LogP contribution is 2.18. The summed E-state index contributed by atoms with van der Waals surface area (Å²) in [5.74, 6) is -0.942. The number of aryl methyl sites for hydroxylation is 1. The predicted molar refractivity (Wildman–Crippen MR) is 112 cm³/mol. The number of esters is 1. The smallest absolute Gasteiger partial charge is 0.344 e. The van der Waals surface area contributed by atoms with Gasteiger partial charge < -0.3 is 9.64 Å². The first-order valence-corrected chi connectivity index (χ1v) is 9.50. The predicted octanol–water partition coefficient (Wildman–Crippen LogP) is 3.43. The van der Waals surface area contributed by atoms with Crippen LogP contribution in [0.3, 0.4) is 0 Å². The van der Waals surface area contributed by atoms with Crippen molar-refractivity contribution in [2.24, 2.45) is 0 Å². The number of carbonyl (C=O) groups excluding carboxylic acids is 2. The van der Waals surface area contributed by atoms with Crippen LogP contribution in [0.25, 0.3) is 5.65 Å². The quantitative estimate of drug-likeness (QED) is 0.464. The molecule has 30 heavy (non-hydrogen) atoms. The van der Waals surface area contributed by atoms with E-state index in [0.717, 1.165) is 11.3 Å². The van der Waals surface area contributed by atoms with Crippen molar-refractivity contribution in [3.63, 3.8) is 0 Å². The van der Waals surface area contributed by atoms with Gasteiger partial charge in [0.25, 0.3) is 5.91 Å². The first-order chi connectivity index (χ1) is 14.6. The Bertz CT molecular complexity index is 1170. The summed E-state index contributed by atoms with van der Waals surface area (Å²) >= 11 is 0. The van der Waals surface area contributed by atoms with Crippen molar-refractivity contribution < 1.29 is 14.3 Å². The van der Waals surface area contributed by atoms with Gasteiger partial charge in [-0.1, -0.05) is 48.5 Å². The lowest BCUT2D eigenvalue weighted by atomic mass is 10.2. The molecule has 4 aromatic rings. The molecule has 2 heterocycles. The van der Waals surface area contributed by atoms with Gasteiger partial charge in [-0.2, -0.15) is 5.10 Å². The monoisotopic (exact) mass is 400 g/mol. The van der Waals surface area contributed by atoms with Crippen LogP contribution in [0.2, 0.25) is 0 Å². The molecular formula is C23H20N4O3. The van der Waals surface area contributed by atoms with Crippen molar-refractivity contribution in [2.45, 2.75) is 13.5 Å². The van der Waals surface area contributed by atoms with E-state index in [2.05, 4.69) is 10.1 Å². The number of rotatable bonds is 6. The van der Waals surface area contributed by atoms with Crippen molar-refractivity contribution in [1.82, 2.24) is 14.6 Å². The minimum Gasteiger partial charge on any atom is -0.452 e. The van der Waals surface area contributed by atoms with Gasteiger partial charge >= 0.3 is 5.97 Å². The molecule has 0 fully saturated rings. The molecule has 7 nitrogen and oxygen atoms in total. The number of hydrogen-bond donors (Lipinski definition) is 0. The molecule has 0 radical (unpaired) electrons. The van der Waals surface area contributed by atoms with E-state index in [9.17, 15) is 9.59 Å². The van der Waals surface area contributed by atoms with Gasteiger partial charge in [0.1, 0.15) is 5.56 Å². The van der Waals surface area contributed by atoms with Crippen LogP contribution in [-0.2, 0) is 16.1 Å². The number of nitrogens with zero attached hydrogens (tertiary/aromatic N) is 4. The number of aromatic nitrogens is 3. The van der Waals surface area contributed by atoms with E-state index < -0.39 is 5.97 Å². The van der Waals surface area contributed by atoms with Gasteiger partial charge in [-0.15, -0.1) is 0 Å². The van der Waals surface area contributed by atoms with Crippen LogP contribution in [0.4, 0.5) is 5.69 Å². The van der Waals surface area contributed by atoms with Gasteiger partial charge in [-0.3, -0.25) is 4.79 Å². The minimum atomic E-state index is -0.623. The Morgan fingerprint density at radius 2 is 1.70 bits per heavy atom. The van der Waals surface area contributed by atoms with Crippen molar-refractivity contribution >= 4 is 23.2 Å². The highest BCUT2D eigenvalue weighted by atomic mass is 16.5. The topological polar surface area (TPSA) is 76.8 Å². The summed E-state index contributed by atoms with van der Waals surface area (Å²) in [6, 6.07) is 20.7. The zero-order valence-electron chi connectivity index (χ0n) is 16.4. The Balaban J connectivity index is 1.52. The highest BCUT2D eigenvalue weighted by molar-refractivity contribution is 6.00. The van der Waals surface area contributed by atoms with Crippen molar-refractivity contribution in [3.05, 3.63) is 95.9 Å². The van der Waals surface area contributed by atoms with Crippen LogP contribution in [0, 0.1) is 6.92 Å².